The van der Waals surface area contributed by atoms with Crippen LogP contribution in [0.15, 0.2) is 5.38 Å². The standard InChI is InChI=1S/C13H20N2O2S/c1-2-13-15-10(8-18-13)6-12(17)14-7-9-4-3-5-11(9)16/h8-9,11,16H,2-7H2,1H3,(H,14,17). The van der Waals surface area contributed by atoms with E-state index in [0.29, 0.717) is 13.0 Å². The molecule has 1 aliphatic rings. The van der Waals surface area contributed by atoms with Crippen LogP contribution in [0.5, 0.6) is 0 Å². The summed E-state index contributed by atoms with van der Waals surface area (Å²) in [7, 11) is 0. The summed E-state index contributed by atoms with van der Waals surface area (Å²) in [6, 6.07) is 0. The Balaban J connectivity index is 1.74. The molecule has 1 heterocycles. The van der Waals surface area contributed by atoms with Crippen LogP contribution >= 0.6 is 11.3 Å². The lowest BCUT2D eigenvalue weighted by Crippen LogP contribution is -2.33. The number of rotatable bonds is 5. The molecule has 100 valence electrons. The number of nitrogens with zero attached hydrogens (tertiary/aromatic N) is 1. The maximum Gasteiger partial charge on any atom is 0.226 e. The number of aliphatic hydroxyl groups is 1. The predicted molar refractivity (Wildman–Crippen MR) is 71.6 cm³/mol. The minimum atomic E-state index is -0.240. The van der Waals surface area contributed by atoms with Crippen LogP contribution in [-0.4, -0.2) is 28.6 Å². The zero-order chi connectivity index (χ0) is 13.0. The molecule has 0 aliphatic heterocycles. The molecule has 18 heavy (non-hydrogen) atoms. The van der Waals surface area contributed by atoms with E-state index in [1.807, 2.05) is 5.38 Å². The first-order chi connectivity index (χ1) is 8.69. The second kappa shape index (κ2) is 6.29. The van der Waals surface area contributed by atoms with Crippen molar-refractivity contribution in [1.82, 2.24) is 10.3 Å². The second-order valence-electron chi connectivity index (χ2n) is 4.83. The summed E-state index contributed by atoms with van der Waals surface area (Å²) in [4.78, 5) is 16.1. The Morgan fingerprint density at radius 3 is 3.06 bits per heavy atom. The van der Waals surface area contributed by atoms with E-state index in [1.165, 1.54) is 0 Å². The Hall–Kier alpha value is -0.940. The predicted octanol–water partition coefficient (Wildman–Crippen LogP) is 1.53. The summed E-state index contributed by atoms with van der Waals surface area (Å²) < 4.78 is 0. The number of carbonyl (C=O) groups excluding carboxylic acids is 1. The van der Waals surface area contributed by atoms with Gasteiger partial charge in [0.05, 0.1) is 23.2 Å². The zero-order valence-electron chi connectivity index (χ0n) is 10.7. The molecule has 0 saturated heterocycles. The first-order valence-electron chi connectivity index (χ1n) is 6.57. The van der Waals surface area contributed by atoms with E-state index in [-0.39, 0.29) is 17.9 Å². The lowest BCUT2D eigenvalue weighted by Gasteiger charge is -2.14. The summed E-state index contributed by atoms with van der Waals surface area (Å²) in [5, 5.41) is 15.6. The van der Waals surface area contributed by atoms with Gasteiger partial charge in [-0.25, -0.2) is 4.98 Å². The topological polar surface area (TPSA) is 62.2 Å². The fourth-order valence-corrected chi connectivity index (χ4v) is 3.06. The maximum absolute atomic E-state index is 11.7. The van der Waals surface area contributed by atoms with Crippen molar-refractivity contribution in [1.29, 1.82) is 0 Å². The number of nitrogens with one attached hydrogen (secondary N) is 1. The Labute approximate surface area is 111 Å². The molecule has 0 spiro atoms. The highest BCUT2D eigenvalue weighted by Gasteiger charge is 2.25. The molecule has 1 amide bonds. The fourth-order valence-electron chi connectivity index (χ4n) is 2.32. The molecule has 2 atom stereocenters. The number of hydrogen-bond acceptors (Lipinski definition) is 4. The summed E-state index contributed by atoms with van der Waals surface area (Å²) in [6.45, 7) is 2.65. The third-order valence-electron chi connectivity index (χ3n) is 3.42. The van der Waals surface area contributed by atoms with Gasteiger partial charge in [-0.1, -0.05) is 13.3 Å². The van der Waals surface area contributed by atoms with E-state index < -0.39 is 0 Å². The van der Waals surface area contributed by atoms with Crippen molar-refractivity contribution in [2.24, 2.45) is 5.92 Å². The molecule has 1 saturated carbocycles. The van der Waals surface area contributed by atoms with Gasteiger partial charge in [-0.05, 0) is 19.3 Å². The second-order valence-corrected chi connectivity index (χ2v) is 5.77. The van der Waals surface area contributed by atoms with E-state index in [1.54, 1.807) is 11.3 Å². The van der Waals surface area contributed by atoms with Gasteiger partial charge in [0.15, 0.2) is 0 Å². The Morgan fingerprint density at radius 2 is 2.44 bits per heavy atom. The largest absolute Gasteiger partial charge is 0.393 e. The monoisotopic (exact) mass is 268 g/mol. The van der Waals surface area contributed by atoms with Gasteiger partial charge in [0.1, 0.15) is 0 Å². The molecule has 1 aromatic heterocycles. The third-order valence-corrected chi connectivity index (χ3v) is 4.47. The van der Waals surface area contributed by atoms with E-state index >= 15 is 0 Å². The van der Waals surface area contributed by atoms with Crippen LogP contribution in [0.25, 0.3) is 0 Å². The molecule has 2 N–H and O–H groups in total. The average Bonchev–Trinajstić information content (AvgIpc) is 2.96. The van der Waals surface area contributed by atoms with E-state index in [2.05, 4.69) is 17.2 Å². The number of aryl methyl sites for hydroxylation is 1. The highest BCUT2D eigenvalue weighted by Crippen LogP contribution is 2.24. The molecule has 5 heteroatoms. The molecular weight excluding hydrogens is 248 g/mol. The number of thiazole rings is 1. The quantitative estimate of drug-likeness (QED) is 0.851. The van der Waals surface area contributed by atoms with Crippen molar-refractivity contribution < 1.29 is 9.90 Å². The highest BCUT2D eigenvalue weighted by molar-refractivity contribution is 7.09. The first-order valence-corrected chi connectivity index (χ1v) is 7.45. The van der Waals surface area contributed by atoms with Crippen LogP contribution in [0.1, 0.15) is 36.9 Å². The SMILES string of the molecule is CCc1nc(CC(=O)NCC2CCCC2O)cs1. The van der Waals surface area contributed by atoms with Gasteiger partial charge in [0.25, 0.3) is 0 Å². The third kappa shape index (κ3) is 3.53. The van der Waals surface area contributed by atoms with E-state index in [0.717, 1.165) is 36.4 Å². The molecule has 1 aromatic rings. The van der Waals surface area contributed by atoms with Crippen LogP contribution in [0, 0.1) is 5.92 Å². The summed E-state index contributed by atoms with van der Waals surface area (Å²) in [5.41, 5.74) is 0.848. The van der Waals surface area contributed by atoms with Crippen molar-refractivity contribution in [3.8, 4) is 0 Å². The van der Waals surface area contributed by atoms with Crippen molar-refractivity contribution >= 4 is 17.2 Å². The normalized spacial score (nSPS) is 23.2. The van der Waals surface area contributed by atoms with Gasteiger partial charge in [-0.2, -0.15) is 0 Å². The summed E-state index contributed by atoms with van der Waals surface area (Å²) in [5.74, 6) is 0.234. The lowest BCUT2D eigenvalue weighted by molar-refractivity contribution is -0.120. The maximum atomic E-state index is 11.7. The molecule has 2 unspecified atom stereocenters. The van der Waals surface area contributed by atoms with Gasteiger partial charge < -0.3 is 10.4 Å². The fraction of sp³-hybridized carbons (Fsp3) is 0.692. The summed E-state index contributed by atoms with van der Waals surface area (Å²) >= 11 is 1.60. The zero-order valence-corrected chi connectivity index (χ0v) is 11.5. The molecule has 1 aliphatic carbocycles. The van der Waals surface area contributed by atoms with Crippen LogP contribution in [0.3, 0.4) is 0 Å². The van der Waals surface area contributed by atoms with Crippen molar-refractivity contribution in [3.05, 3.63) is 16.1 Å². The lowest BCUT2D eigenvalue weighted by atomic mass is 10.1. The highest BCUT2D eigenvalue weighted by atomic mass is 32.1. The van der Waals surface area contributed by atoms with Gasteiger partial charge in [-0.3, -0.25) is 4.79 Å². The van der Waals surface area contributed by atoms with Crippen LogP contribution in [0.4, 0.5) is 0 Å². The Kier molecular flexibility index (Phi) is 4.72. The molecule has 2 rings (SSSR count). The Morgan fingerprint density at radius 1 is 1.61 bits per heavy atom. The van der Waals surface area contributed by atoms with E-state index in [9.17, 15) is 9.90 Å². The molecule has 1 fully saturated rings. The number of aromatic nitrogens is 1. The van der Waals surface area contributed by atoms with E-state index in [4.69, 9.17) is 0 Å². The van der Waals surface area contributed by atoms with Crippen molar-refractivity contribution in [2.45, 2.75) is 45.1 Å². The smallest absolute Gasteiger partial charge is 0.226 e. The van der Waals surface area contributed by atoms with Crippen LogP contribution in [-0.2, 0) is 17.6 Å². The van der Waals surface area contributed by atoms with Crippen molar-refractivity contribution in [2.75, 3.05) is 6.54 Å². The molecule has 4 nitrogen and oxygen atoms in total. The first kappa shape index (κ1) is 13.5. The number of carbonyl (C=O) groups is 1. The molecular formula is C13H20N2O2S. The molecule has 0 aromatic carbocycles. The minimum Gasteiger partial charge on any atom is -0.393 e. The van der Waals surface area contributed by atoms with Gasteiger partial charge in [0, 0.05) is 17.8 Å². The molecule has 0 bridgehead atoms. The summed E-state index contributed by atoms with van der Waals surface area (Å²) in [6.07, 6.45) is 3.97. The average molecular weight is 268 g/mol. The minimum absolute atomic E-state index is 0.00190. The van der Waals surface area contributed by atoms with Gasteiger partial charge in [0.2, 0.25) is 5.91 Å². The van der Waals surface area contributed by atoms with Crippen molar-refractivity contribution in [3.63, 3.8) is 0 Å². The van der Waals surface area contributed by atoms with Gasteiger partial charge in [-0.15, -0.1) is 11.3 Å². The Bertz CT molecular complexity index is 405. The van der Waals surface area contributed by atoms with Gasteiger partial charge >= 0.3 is 0 Å². The molecule has 0 radical (unpaired) electrons. The van der Waals surface area contributed by atoms with Crippen LogP contribution < -0.4 is 5.32 Å². The number of aliphatic hydroxyl groups excluding tert-OH is 1. The van der Waals surface area contributed by atoms with Crippen LogP contribution in [0.2, 0.25) is 0 Å². The number of hydrogen-bond donors (Lipinski definition) is 2. The number of amides is 1.